The van der Waals surface area contributed by atoms with E-state index in [1.807, 2.05) is 0 Å². The van der Waals surface area contributed by atoms with E-state index in [-0.39, 0.29) is 11.8 Å². The van der Waals surface area contributed by atoms with E-state index in [0.29, 0.717) is 10.6 Å². The number of halogens is 1. The molecule has 2 N–H and O–H groups in total. The number of carbonyl (C=O) groups excluding carboxylic acids is 1. The van der Waals surface area contributed by atoms with Gasteiger partial charge in [0.1, 0.15) is 15.7 Å². The molecular formula is C14H19B3ClNO5S. The van der Waals surface area contributed by atoms with Gasteiger partial charge >= 0.3 is 0 Å². The van der Waals surface area contributed by atoms with Crippen molar-refractivity contribution in [1.82, 2.24) is 0 Å². The topological polar surface area (TPSA) is 95.7 Å². The zero-order valence-corrected chi connectivity index (χ0v) is 16.4. The van der Waals surface area contributed by atoms with Gasteiger partial charge in [0.2, 0.25) is 17.4 Å². The van der Waals surface area contributed by atoms with Crippen molar-refractivity contribution in [2.75, 3.05) is 0 Å². The van der Waals surface area contributed by atoms with Crippen molar-refractivity contribution >= 4 is 51.0 Å². The van der Waals surface area contributed by atoms with Gasteiger partial charge in [0.25, 0.3) is 10.1 Å². The summed E-state index contributed by atoms with van der Waals surface area (Å²) in [5, 5.41) is 0.497. The molecule has 2 rings (SSSR count). The Morgan fingerprint density at radius 1 is 1.28 bits per heavy atom. The Balaban J connectivity index is 2.37. The Labute approximate surface area is 155 Å². The Morgan fingerprint density at radius 3 is 2.28 bits per heavy atom. The summed E-state index contributed by atoms with van der Waals surface area (Å²) in [6.45, 7) is 3.51. The fourth-order valence-corrected chi connectivity index (χ4v) is 3.48. The first-order valence-corrected chi connectivity index (χ1v) is 9.55. The van der Waals surface area contributed by atoms with Crippen LogP contribution in [0.4, 0.5) is 0 Å². The molecule has 11 heteroatoms. The number of rotatable bonds is 5. The van der Waals surface area contributed by atoms with Crippen LogP contribution in [0.1, 0.15) is 19.4 Å². The number of ether oxygens (including phenoxy) is 1. The van der Waals surface area contributed by atoms with Crippen LogP contribution in [0.5, 0.6) is 0 Å². The number of benzene rings is 1. The van der Waals surface area contributed by atoms with E-state index >= 15 is 0 Å². The second kappa shape index (κ2) is 6.32. The molecule has 1 aromatic carbocycles. The average Bonchev–Trinajstić information content (AvgIpc) is 2.71. The van der Waals surface area contributed by atoms with Crippen molar-refractivity contribution in [1.29, 1.82) is 0 Å². The molecule has 25 heavy (non-hydrogen) atoms. The number of Topliss-reactive ketones (excluding diaryl/α,β-unsaturated/α-hetero) is 1. The van der Waals surface area contributed by atoms with Crippen molar-refractivity contribution in [2.24, 2.45) is 11.7 Å². The molecule has 1 aliphatic heterocycles. The first-order valence-electron chi connectivity index (χ1n) is 7.76. The number of hydrogen-bond acceptors (Lipinski definition) is 6. The summed E-state index contributed by atoms with van der Waals surface area (Å²) in [6.07, 6.45) is 0. The van der Waals surface area contributed by atoms with Gasteiger partial charge in [-0.2, -0.15) is 8.42 Å². The summed E-state index contributed by atoms with van der Waals surface area (Å²) in [5.41, 5.74) is 4.78. The standard InChI is InChI=1S/C14H19B3ClNO5S/c1-7(2)14(16,17)25(21,22)24-10-11(20)13(15,23-12(10)19)8-3-5-9(18)6-4-8/h3-7H,15-17,19H2,1-2H3. The summed E-state index contributed by atoms with van der Waals surface area (Å²) < 4.78 is 34.6. The molecule has 132 valence electrons. The number of hydrogen-bond donors (Lipinski definition) is 1. The van der Waals surface area contributed by atoms with Crippen LogP contribution in [0.3, 0.4) is 0 Å². The highest BCUT2D eigenvalue weighted by Gasteiger charge is 2.50. The fourth-order valence-electron chi connectivity index (χ4n) is 2.18. The van der Waals surface area contributed by atoms with Crippen LogP contribution >= 0.6 is 11.6 Å². The van der Waals surface area contributed by atoms with E-state index in [9.17, 15) is 13.2 Å². The predicted molar refractivity (Wildman–Crippen MR) is 104 cm³/mol. The van der Waals surface area contributed by atoms with Crippen LogP contribution < -0.4 is 5.73 Å². The summed E-state index contributed by atoms with van der Waals surface area (Å²) in [5.74, 6) is -1.74. The van der Waals surface area contributed by atoms with E-state index in [1.54, 1.807) is 38.1 Å². The minimum absolute atomic E-state index is 0.237. The lowest BCUT2D eigenvalue weighted by molar-refractivity contribution is -0.126. The van der Waals surface area contributed by atoms with Crippen molar-refractivity contribution in [3.63, 3.8) is 0 Å². The molecular weight excluding hydrogens is 362 g/mol. The molecule has 0 saturated carbocycles. The summed E-state index contributed by atoms with van der Waals surface area (Å²) in [7, 11) is 0.455. The highest BCUT2D eigenvalue weighted by Crippen LogP contribution is 2.37. The Hall–Kier alpha value is -1.54. The van der Waals surface area contributed by atoms with Gasteiger partial charge in [-0.3, -0.25) is 4.79 Å². The predicted octanol–water partition coefficient (Wildman–Crippen LogP) is -1.22. The van der Waals surface area contributed by atoms with E-state index in [0.717, 1.165) is 0 Å². The third-order valence-electron chi connectivity index (χ3n) is 4.80. The van der Waals surface area contributed by atoms with Crippen molar-refractivity contribution in [3.8, 4) is 0 Å². The van der Waals surface area contributed by atoms with Gasteiger partial charge in [-0.25, -0.2) is 0 Å². The molecule has 0 amide bonds. The van der Waals surface area contributed by atoms with Crippen molar-refractivity contribution in [2.45, 2.75) is 23.9 Å². The van der Waals surface area contributed by atoms with Gasteiger partial charge in [-0.1, -0.05) is 37.6 Å². The zero-order chi connectivity index (χ0) is 19.2. The second-order valence-corrected chi connectivity index (χ2v) is 9.52. The molecule has 0 saturated heterocycles. The quantitative estimate of drug-likeness (QED) is 0.507. The Bertz CT molecular complexity index is 839. The van der Waals surface area contributed by atoms with Gasteiger partial charge in [0, 0.05) is 9.57 Å². The molecule has 1 atom stereocenters. The van der Waals surface area contributed by atoms with Crippen LogP contribution in [0.15, 0.2) is 35.9 Å². The average molecular weight is 381 g/mol. The molecule has 0 bridgehead atoms. The van der Waals surface area contributed by atoms with Crippen LogP contribution in [-0.2, 0) is 29.3 Å². The molecule has 6 nitrogen and oxygen atoms in total. The van der Waals surface area contributed by atoms with Gasteiger partial charge < -0.3 is 14.7 Å². The van der Waals surface area contributed by atoms with Gasteiger partial charge in [0.05, 0.1) is 0 Å². The largest absolute Gasteiger partial charge is 0.467 e. The zero-order valence-electron chi connectivity index (χ0n) is 14.8. The maximum absolute atomic E-state index is 12.8. The molecule has 0 fully saturated rings. The Kier molecular flexibility index (Phi) is 5.00. The van der Waals surface area contributed by atoms with Crippen molar-refractivity contribution < 1.29 is 22.1 Å². The molecule has 1 aromatic rings. The normalized spacial score (nSPS) is 21.5. The van der Waals surface area contributed by atoms with Gasteiger partial charge in [-0.05, 0) is 23.6 Å². The van der Waals surface area contributed by atoms with E-state index < -0.39 is 31.7 Å². The highest BCUT2D eigenvalue weighted by atomic mass is 35.5. The van der Waals surface area contributed by atoms with Crippen molar-refractivity contribution in [3.05, 3.63) is 46.5 Å². The highest BCUT2D eigenvalue weighted by molar-refractivity contribution is 7.91. The molecule has 0 aromatic heterocycles. The minimum atomic E-state index is -4.11. The van der Waals surface area contributed by atoms with Gasteiger partial charge in [0.15, 0.2) is 13.3 Å². The van der Waals surface area contributed by atoms with Crippen LogP contribution in [0.2, 0.25) is 5.02 Å². The first-order chi connectivity index (χ1) is 11.3. The monoisotopic (exact) mass is 381 g/mol. The third kappa shape index (κ3) is 3.29. The lowest BCUT2D eigenvalue weighted by Gasteiger charge is -2.28. The molecule has 0 radical (unpaired) electrons. The van der Waals surface area contributed by atoms with Crippen LogP contribution in [0.25, 0.3) is 0 Å². The SMILES string of the molecule is BC1(c2ccc(Cl)cc2)OC(N)=C(OS(=O)(=O)C(B)(B)C(C)C)C1=O. The molecule has 1 aliphatic rings. The number of ketones is 1. The third-order valence-corrected chi connectivity index (χ3v) is 7.20. The van der Waals surface area contributed by atoms with Crippen LogP contribution in [-0.4, -0.2) is 42.3 Å². The van der Waals surface area contributed by atoms with Crippen LogP contribution in [0, 0.1) is 5.92 Å². The lowest BCUT2D eigenvalue weighted by atomic mass is 9.63. The van der Waals surface area contributed by atoms with E-state index in [2.05, 4.69) is 0 Å². The lowest BCUT2D eigenvalue weighted by Crippen LogP contribution is -2.46. The summed E-state index contributed by atoms with van der Waals surface area (Å²) in [6, 6.07) is 6.44. The second-order valence-electron chi connectivity index (χ2n) is 6.96. The maximum atomic E-state index is 12.8. The molecule has 0 aliphatic carbocycles. The molecule has 1 unspecified atom stereocenters. The molecule has 0 spiro atoms. The van der Waals surface area contributed by atoms with E-state index in [4.69, 9.17) is 26.3 Å². The number of nitrogens with two attached hydrogens (primary N) is 1. The number of carbonyl (C=O) groups is 1. The minimum Gasteiger partial charge on any atom is -0.467 e. The maximum Gasteiger partial charge on any atom is 0.300 e. The van der Waals surface area contributed by atoms with E-state index in [1.165, 1.54) is 23.5 Å². The smallest absolute Gasteiger partial charge is 0.300 e. The summed E-state index contributed by atoms with van der Waals surface area (Å²) in [4.78, 5) is 12.8. The van der Waals surface area contributed by atoms with Gasteiger partial charge in [-0.15, -0.1) is 0 Å². The first kappa shape index (κ1) is 19.8. The fraction of sp³-hybridized carbons (Fsp3) is 0.357. The Morgan fingerprint density at radius 2 is 1.80 bits per heavy atom. The summed E-state index contributed by atoms with van der Waals surface area (Å²) >= 11 is 5.86. The molecule has 1 heterocycles.